The van der Waals surface area contributed by atoms with Gasteiger partial charge in [-0.2, -0.15) is 0 Å². The number of aryl methyl sites for hydroxylation is 1. The molecule has 3 rings (SSSR count). The van der Waals surface area contributed by atoms with Crippen LogP contribution in [-0.4, -0.2) is 57.1 Å². The molecule has 0 aliphatic carbocycles. The number of rotatable bonds is 12. The molecular weight excluding hydrogens is 574 g/mol. The maximum Gasteiger partial charge on any atom is 0.336 e. The molecule has 0 radical (unpaired) electrons. The Morgan fingerprint density at radius 1 is 0.864 bits per heavy atom. The van der Waals surface area contributed by atoms with Crippen LogP contribution in [-0.2, 0) is 30.4 Å². The van der Waals surface area contributed by atoms with E-state index in [9.17, 15) is 29.1 Å². The molecule has 13 nitrogen and oxygen atoms in total. The second kappa shape index (κ2) is 16.4. The van der Waals surface area contributed by atoms with Gasteiger partial charge in [-0.25, -0.2) is 4.79 Å². The van der Waals surface area contributed by atoms with E-state index in [2.05, 4.69) is 16.0 Å². The van der Waals surface area contributed by atoms with Gasteiger partial charge in [-0.05, 0) is 54.7 Å². The largest absolute Gasteiger partial charge is 0.508 e. The van der Waals surface area contributed by atoms with Gasteiger partial charge in [0.1, 0.15) is 23.4 Å². The Bertz CT molecular complexity index is 1540. The fourth-order valence-electron chi connectivity index (χ4n) is 4.17. The van der Waals surface area contributed by atoms with Crippen LogP contribution in [0.4, 0.5) is 5.69 Å². The third-order valence-corrected chi connectivity index (χ3v) is 6.15. The van der Waals surface area contributed by atoms with Gasteiger partial charge in [0.2, 0.25) is 17.7 Å². The summed E-state index contributed by atoms with van der Waals surface area (Å²) in [5.74, 6) is -3.66. The third kappa shape index (κ3) is 12.0. The van der Waals surface area contributed by atoms with Gasteiger partial charge in [0, 0.05) is 43.0 Å². The average molecular weight is 612 g/mol. The van der Waals surface area contributed by atoms with Crippen molar-refractivity contribution >= 4 is 46.3 Å². The van der Waals surface area contributed by atoms with Crippen LogP contribution in [0.1, 0.15) is 51.2 Å². The molecule has 0 unspecified atom stereocenters. The van der Waals surface area contributed by atoms with Crippen LogP contribution in [0.3, 0.4) is 0 Å². The molecule has 6 N–H and O–H groups in total. The maximum absolute atomic E-state index is 13.4. The van der Waals surface area contributed by atoms with Gasteiger partial charge < -0.3 is 35.7 Å². The summed E-state index contributed by atoms with van der Waals surface area (Å²) in [7, 11) is 0. The number of carboxylic acids is 2. The fraction of sp³-hybridized carbons (Fsp3) is 0.355. The molecule has 0 saturated heterocycles. The van der Waals surface area contributed by atoms with E-state index < -0.39 is 47.4 Å². The molecule has 3 aromatic rings. The number of anilines is 1. The number of benzene rings is 2. The van der Waals surface area contributed by atoms with Crippen molar-refractivity contribution in [3.63, 3.8) is 0 Å². The molecule has 3 amide bonds. The second-order valence-corrected chi connectivity index (χ2v) is 10.5. The third-order valence-electron chi connectivity index (χ3n) is 6.15. The number of carboxylic acid groups (broad SMARTS) is 2. The molecule has 44 heavy (non-hydrogen) atoms. The Kier molecular flexibility index (Phi) is 13.1. The highest BCUT2D eigenvalue weighted by atomic mass is 16.4. The van der Waals surface area contributed by atoms with Crippen molar-refractivity contribution in [2.45, 2.75) is 65.5 Å². The zero-order chi connectivity index (χ0) is 33.0. The van der Waals surface area contributed by atoms with Gasteiger partial charge in [0.15, 0.2) is 0 Å². The molecule has 236 valence electrons. The number of phenolic OH excluding ortho intramolecular Hbond substituents is 1. The Morgan fingerprint density at radius 2 is 1.50 bits per heavy atom. The Morgan fingerprint density at radius 3 is 2.09 bits per heavy atom. The van der Waals surface area contributed by atoms with Crippen molar-refractivity contribution in [2.24, 2.45) is 5.92 Å². The minimum absolute atomic E-state index is 0.00983. The van der Waals surface area contributed by atoms with Crippen molar-refractivity contribution in [1.29, 1.82) is 0 Å². The molecule has 0 bridgehead atoms. The van der Waals surface area contributed by atoms with Crippen molar-refractivity contribution < 1.29 is 43.7 Å². The molecule has 0 saturated carbocycles. The van der Waals surface area contributed by atoms with E-state index in [0.29, 0.717) is 22.2 Å². The van der Waals surface area contributed by atoms with Gasteiger partial charge in [-0.3, -0.25) is 24.0 Å². The van der Waals surface area contributed by atoms with Crippen LogP contribution in [0, 0.1) is 12.8 Å². The highest BCUT2D eigenvalue weighted by Crippen LogP contribution is 2.21. The number of carbonyl (C=O) groups excluding carboxylic acids is 3. The monoisotopic (exact) mass is 611 g/mol. The van der Waals surface area contributed by atoms with Crippen LogP contribution in [0.5, 0.6) is 5.75 Å². The van der Waals surface area contributed by atoms with Crippen molar-refractivity contribution in [3.8, 4) is 5.75 Å². The molecule has 2 atom stereocenters. The first kappa shape index (κ1) is 35.0. The predicted octanol–water partition coefficient (Wildman–Crippen LogP) is 2.96. The zero-order valence-electron chi connectivity index (χ0n) is 24.9. The number of nitrogens with one attached hydrogen (secondary N) is 3. The molecule has 2 aromatic carbocycles. The molecule has 0 aliphatic heterocycles. The lowest BCUT2D eigenvalue weighted by atomic mass is 10.0. The lowest BCUT2D eigenvalue weighted by Gasteiger charge is -2.24. The number of hydrogen-bond donors (Lipinski definition) is 6. The first-order valence-electron chi connectivity index (χ1n) is 13.8. The molecule has 1 aromatic heterocycles. The Balaban J connectivity index is 0.00000159. The second-order valence-electron chi connectivity index (χ2n) is 10.5. The van der Waals surface area contributed by atoms with E-state index in [4.69, 9.17) is 19.4 Å². The highest BCUT2D eigenvalue weighted by Gasteiger charge is 2.28. The number of hydrogen-bond acceptors (Lipinski definition) is 8. The number of aliphatic carboxylic acids is 2. The number of aromatic hydroxyl groups is 1. The van der Waals surface area contributed by atoms with Crippen molar-refractivity contribution in [3.05, 3.63) is 70.1 Å². The van der Waals surface area contributed by atoms with Crippen LogP contribution in [0.15, 0.2) is 57.7 Å². The maximum atomic E-state index is 13.4. The van der Waals surface area contributed by atoms with Crippen LogP contribution in [0.2, 0.25) is 0 Å². The predicted molar refractivity (Wildman–Crippen MR) is 161 cm³/mol. The molecular formula is C31H37N3O10. The van der Waals surface area contributed by atoms with Gasteiger partial charge in [0.05, 0.1) is 6.42 Å². The minimum atomic E-state index is -1.13. The van der Waals surface area contributed by atoms with Crippen LogP contribution >= 0.6 is 0 Å². The zero-order valence-corrected chi connectivity index (χ0v) is 24.9. The molecule has 13 heteroatoms. The average Bonchev–Trinajstić information content (AvgIpc) is 2.91. The smallest absolute Gasteiger partial charge is 0.336 e. The molecule has 0 fully saturated rings. The van der Waals surface area contributed by atoms with Gasteiger partial charge in [0.25, 0.3) is 5.97 Å². The van der Waals surface area contributed by atoms with Crippen LogP contribution in [0.25, 0.3) is 11.0 Å². The minimum Gasteiger partial charge on any atom is -0.508 e. The van der Waals surface area contributed by atoms with E-state index in [1.165, 1.54) is 24.3 Å². The van der Waals surface area contributed by atoms with E-state index in [1.54, 1.807) is 31.2 Å². The summed E-state index contributed by atoms with van der Waals surface area (Å²) in [5.41, 5.74) is 1.50. The summed E-state index contributed by atoms with van der Waals surface area (Å²) in [6, 6.07) is 10.3. The van der Waals surface area contributed by atoms with Gasteiger partial charge in [-0.1, -0.05) is 26.0 Å². The normalized spacial score (nSPS) is 11.9. The summed E-state index contributed by atoms with van der Waals surface area (Å²) >= 11 is 0. The van der Waals surface area contributed by atoms with E-state index in [1.807, 2.05) is 13.8 Å². The first-order chi connectivity index (χ1) is 20.6. The summed E-state index contributed by atoms with van der Waals surface area (Å²) in [6.45, 7) is 6.59. The molecule has 0 spiro atoms. The van der Waals surface area contributed by atoms with Gasteiger partial charge >= 0.3 is 11.6 Å². The first-order valence-corrected chi connectivity index (χ1v) is 13.8. The Labute approximate surface area is 253 Å². The number of amides is 3. The lowest BCUT2D eigenvalue weighted by Crippen LogP contribution is -2.53. The SMILES string of the molecule is CC(=O)O.Cc1cc(=O)oc2cc(NC(=O)[C@H](Cc3ccc(O)cc3)NC(=O)[C@H](CC(C)C)NC(=O)CCC(=O)O)ccc12. The lowest BCUT2D eigenvalue weighted by molar-refractivity contribution is -0.139. The standard InChI is InChI=1S/C29H33N3O8.C2H4O2/c1-16(2)12-22(31-25(34)10-11-26(35)36)29(39)32-23(14-18-4-7-20(33)8-5-18)28(38)30-19-6-9-21-17(3)13-27(37)40-24(21)15-19;1-2(3)4/h4-9,13,15-16,22-23,33H,10-12,14H2,1-3H3,(H,30,38)(H,31,34)(H,32,39)(H,35,36);1H3,(H,3,4)/t22-,23-;/m0./s1. The van der Waals surface area contributed by atoms with Crippen molar-refractivity contribution in [2.75, 3.05) is 5.32 Å². The number of fused-ring (bicyclic) bond motifs is 1. The summed E-state index contributed by atoms with van der Waals surface area (Å²) in [4.78, 5) is 70.6. The number of phenols is 1. The Hall–Kier alpha value is -5.20. The van der Waals surface area contributed by atoms with Crippen molar-refractivity contribution in [1.82, 2.24) is 10.6 Å². The van der Waals surface area contributed by atoms with Gasteiger partial charge in [-0.15, -0.1) is 0 Å². The molecule has 0 aliphatic rings. The quantitative estimate of drug-likeness (QED) is 0.165. The highest BCUT2D eigenvalue weighted by molar-refractivity contribution is 6.00. The summed E-state index contributed by atoms with van der Waals surface area (Å²) in [5, 5.41) is 34.6. The van der Waals surface area contributed by atoms with E-state index >= 15 is 0 Å². The summed E-state index contributed by atoms with van der Waals surface area (Å²) in [6.07, 6.45) is -0.326. The van der Waals surface area contributed by atoms with E-state index in [0.717, 1.165) is 12.5 Å². The summed E-state index contributed by atoms with van der Waals surface area (Å²) < 4.78 is 5.26. The van der Waals surface area contributed by atoms with Crippen LogP contribution < -0.4 is 21.6 Å². The topological polar surface area (TPSA) is 212 Å². The number of carbonyl (C=O) groups is 5. The van der Waals surface area contributed by atoms with E-state index in [-0.39, 0.29) is 37.4 Å². The fourth-order valence-corrected chi connectivity index (χ4v) is 4.17. The molecule has 1 heterocycles.